The number of carbonyl (C=O) groups is 2. The van der Waals surface area contributed by atoms with E-state index in [0.717, 1.165) is 15.4 Å². The molecule has 2 amide bonds. The molecule has 0 heterocycles. The van der Waals surface area contributed by atoms with Crippen LogP contribution in [-0.2, 0) is 14.8 Å². The highest BCUT2D eigenvalue weighted by molar-refractivity contribution is 7.89. The summed E-state index contributed by atoms with van der Waals surface area (Å²) < 4.78 is 30.8. The van der Waals surface area contributed by atoms with Crippen molar-refractivity contribution in [3.05, 3.63) is 59.2 Å². The summed E-state index contributed by atoms with van der Waals surface area (Å²) >= 11 is 0. The van der Waals surface area contributed by atoms with Gasteiger partial charge in [-0.3, -0.25) is 20.4 Å². The zero-order valence-corrected chi connectivity index (χ0v) is 17.0. The van der Waals surface area contributed by atoms with Crippen LogP contribution in [0.15, 0.2) is 47.4 Å². The Morgan fingerprint density at radius 1 is 1.00 bits per heavy atom. The highest BCUT2D eigenvalue weighted by Gasteiger charge is 2.19. The second-order valence-corrected chi connectivity index (χ2v) is 8.58. The zero-order valence-electron chi connectivity index (χ0n) is 16.1. The highest BCUT2D eigenvalue weighted by atomic mass is 32.2. The zero-order chi connectivity index (χ0) is 20.9. The average molecular weight is 405 g/mol. The van der Waals surface area contributed by atoms with Crippen molar-refractivity contribution in [3.8, 4) is 5.75 Å². The van der Waals surface area contributed by atoms with E-state index in [0.29, 0.717) is 5.75 Å². The Labute approximate surface area is 164 Å². The number of ether oxygens (including phenoxy) is 1. The maximum atomic E-state index is 12.2. The highest BCUT2D eigenvalue weighted by Crippen LogP contribution is 2.16. The van der Waals surface area contributed by atoms with Crippen molar-refractivity contribution >= 4 is 21.8 Å². The summed E-state index contributed by atoms with van der Waals surface area (Å²) in [7, 11) is -0.863. The summed E-state index contributed by atoms with van der Waals surface area (Å²) in [5, 5.41) is 0. The summed E-state index contributed by atoms with van der Waals surface area (Å²) in [6.07, 6.45) is 0. The van der Waals surface area contributed by atoms with Crippen molar-refractivity contribution in [1.29, 1.82) is 0 Å². The molecule has 0 saturated carbocycles. The number of nitrogens with zero attached hydrogens (tertiary/aromatic N) is 1. The van der Waals surface area contributed by atoms with Crippen LogP contribution in [0.25, 0.3) is 0 Å². The minimum Gasteiger partial charge on any atom is -0.484 e. The maximum absolute atomic E-state index is 12.2. The lowest BCUT2D eigenvalue weighted by molar-refractivity contribution is -0.123. The van der Waals surface area contributed by atoms with Crippen molar-refractivity contribution in [2.45, 2.75) is 18.7 Å². The van der Waals surface area contributed by atoms with Crippen molar-refractivity contribution in [1.82, 2.24) is 15.2 Å². The van der Waals surface area contributed by atoms with E-state index < -0.39 is 21.8 Å². The molecule has 2 aromatic rings. The summed E-state index contributed by atoms with van der Waals surface area (Å²) in [4.78, 5) is 24.1. The van der Waals surface area contributed by atoms with E-state index in [2.05, 4.69) is 10.9 Å². The quantitative estimate of drug-likeness (QED) is 0.707. The fraction of sp³-hybridized carbons (Fsp3) is 0.263. The van der Waals surface area contributed by atoms with Crippen molar-refractivity contribution in [3.63, 3.8) is 0 Å². The number of hydrazine groups is 1. The number of aryl methyl sites for hydroxylation is 2. The molecule has 150 valence electrons. The standard InChI is InChI=1S/C19H23N3O5S/c1-13-8-14(2)10-16(9-13)27-12-18(23)20-21-19(24)15-6-5-7-17(11-15)28(25,26)22(3)4/h5-11H,12H2,1-4H3,(H,20,23)(H,21,24). The molecule has 0 bridgehead atoms. The van der Waals surface area contributed by atoms with Gasteiger partial charge in [0.1, 0.15) is 5.75 Å². The molecule has 0 aliphatic heterocycles. The van der Waals surface area contributed by atoms with Gasteiger partial charge in [-0.15, -0.1) is 0 Å². The second-order valence-electron chi connectivity index (χ2n) is 6.43. The van der Waals surface area contributed by atoms with E-state index in [1.54, 1.807) is 12.1 Å². The van der Waals surface area contributed by atoms with Gasteiger partial charge in [0.15, 0.2) is 6.61 Å². The van der Waals surface area contributed by atoms with Crippen LogP contribution in [0.2, 0.25) is 0 Å². The normalized spacial score (nSPS) is 11.2. The van der Waals surface area contributed by atoms with Gasteiger partial charge in [-0.2, -0.15) is 0 Å². The fourth-order valence-corrected chi connectivity index (χ4v) is 3.36. The molecule has 0 aliphatic carbocycles. The van der Waals surface area contributed by atoms with E-state index in [-0.39, 0.29) is 17.1 Å². The topological polar surface area (TPSA) is 105 Å². The molecular weight excluding hydrogens is 382 g/mol. The van der Waals surface area contributed by atoms with Gasteiger partial charge in [0.05, 0.1) is 4.90 Å². The van der Waals surface area contributed by atoms with E-state index in [1.165, 1.54) is 38.4 Å². The smallest absolute Gasteiger partial charge is 0.276 e. The van der Waals surface area contributed by atoms with Gasteiger partial charge in [0.25, 0.3) is 11.8 Å². The Morgan fingerprint density at radius 3 is 2.25 bits per heavy atom. The fourth-order valence-electron chi connectivity index (χ4n) is 2.41. The molecule has 9 heteroatoms. The number of nitrogens with one attached hydrogen (secondary N) is 2. The van der Waals surface area contributed by atoms with Crippen LogP contribution in [0.1, 0.15) is 21.5 Å². The third kappa shape index (κ3) is 5.54. The number of carbonyl (C=O) groups excluding carboxylic acids is 2. The Kier molecular flexibility index (Phi) is 6.76. The van der Waals surface area contributed by atoms with E-state index in [1.807, 2.05) is 19.9 Å². The minimum absolute atomic E-state index is 0.0189. The third-order valence-corrected chi connectivity index (χ3v) is 5.57. The third-order valence-electron chi connectivity index (χ3n) is 3.76. The molecule has 2 N–H and O–H groups in total. The summed E-state index contributed by atoms with van der Waals surface area (Å²) in [5.41, 5.74) is 6.59. The predicted molar refractivity (Wildman–Crippen MR) is 104 cm³/mol. The molecule has 0 aromatic heterocycles. The summed E-state index contributed by atoms with van der Waals surface area (Å²) in [6.45, 7) is 3.56. The molecule has 0 unspecified atom stereocenters. The molecule has 0 radical (unpaired) electrons. The van der Waals surface area contributed by atoms with Gasteiger partial charge in [0, 0.05) is 19.7 Å². The van der Waals surface area contributed by atoms with Crippen LogP contribution in [0.3, 0.4) is 0 Å². The average Bonchev–Trinajstić information content (AvgIpc) is 2.63. The van der Waals surface area contributed by atoms with Crippen LogP contribution in [-0.4, -0.2) is 45.2 Å². The first-order valence-corrected chi connectivity index (χ1v) is 9.86. The van der Waals surface area contributed by atoms with Gasteiger partial charge in [0.2, 0.25) is 10.0 Å². The summed E-state index contributed by atoms with van der Waals surface area (Å²) in [6, 6.07) is 11.1. The molecule has 0 spiro atoms. The lowest BCUT2D eigenvalue weighted by Gasteiger charge is -2.13. The van der Waals surface area contributed by atoms with Crippen LogP contribution < -0.4 is 15.6 Å². The van der Waals surface area contributed by atoms with Gasteiger partial charge < -0.3 is 4.74 Å². The van der Waals surface area contributed by atoms with Crippen LogP contribution in [0.4, 0.5) is 0 Å². The van der Waals surface area contributed by atoms with E-state index >= 15 is 0 Å². The molecule has 28 heavy (non-hydrogen) atoms. The monoisotopic (exact) mass is 405 g/mol. The SMILES string of the molecule is Cc1cc(C)cc(OCC(=O)NNC(=O)c2cccc(S(=O)(=O)N(C)C)c2)c1. The van der Waals surface area contributed by atoms with Crippen LogP contribution >= 0.6 is 0 Å². The van der Waals surface area contributed by atoms with Gasteiger partial charge in [-0.05, 0) is 55.3 Å². The van der Waals surface area contributed by atoms with Crippen molar-refractivity contribution < 1.29 is 22.7 Å². The maximum Gasteiger partial charge on any atom is 0.276 e. The lowest BCUT2D eigenvalue weighted by Crippen LogP contribution is -2.43. The van der Waals surface area contributed by atoms with E-state index in [4.69, 9.17) is 4.74 Å². The Balaban J connectivity index is 1.94. The first-order chi connectivity index (χ1) is 13.1. The van der Waals surface area contributed by atoms with Crippen molar-refractivity contribution in [2.75, 3.05) is 20.7 Å². The number of hydrogen-bond acceptors (Lipinski definition) is 5. The van der Waals surface area contributed by atoms with E-state index in [9.17, 15) is 18.0 Å². The van der Waals surface area contributed by atoms with Gasteiger partial charge >= 0.3 is 0 Å². The molecule has 0 saturated heterocycles. The van der Waals surface area contributed by atoms with Crippen molar-refractivity contribution in [2.24, 2.45) is 0 Å². The van der Waals surface area contributed by atoms with Crippen LogP contribution in [0, 0.1) is 13.8 Å². The molecular formula is C19H23N3O5S. The molecule has 0 fully saturated rings. The Morgan fingerprint density at radius 2 is 1.64 bits per heavy atom. The molecule has 0 atom stereocenters. The first-order valence-electron chi connectivity index (χ1n) is 8.42. The lowest BCUT2D eigenvalue weighted by atomic mass is 10.1. The number of benzene rings is 2. The summed E-state index contributed by atoms with van der Waals surface area (Å²) in [5.74, 6) is -0.638. The Bertz CT molecular complexity index is 967. The van der Waals surface area contributed by atoms with Gasteiger partial charge in [-0.1, -0.05) is 12.1 Å². The molecule has 2 aromatic carbocycles. The molecule has 0 aliphatic rings. The van der Waals surface area contributed by atoms with Crippen LogP contribution in [0.5, 0.6) is 5.75 Å². The second kappa shape index (κ2) is 8.85. The predicted octanol–water partition coefficient (Wildman–Crippen LogP) is 1.39. The minimum atomic E-state index is -3.66. The Hall–Kier alpha value is -2.91. The largest absolute Gasteiger partial charge is 0.484 e. The first kappa shape index (κ1) is 21.4. The number of hydrogen-bond donors (Lipinski definition) is 2. The number of sulfonamides is 1. The number of rotatable bonds is 6. The van der Waals surface area contributed by atoms with Gasteiger partial charge in [-0.25, -0.2) is 12.7 Å². The molecule has 8 nitrogen and oxygen atoms in total. The number of amides is 2. The molecule has 2 rings (SSSR count).